The van der Waals surface area contributed by atoms with Crippen LogP contribution in [-0.4, -0.2) is 54.6 Å². The first-order chi connectivity index (χ1) is 15.5. The van der Waals surface area contributed by atoms with Crippen molar-refractivity contribution in [1.29, 1.82) is 0 Å². The summed E-state index contributed by atoms with van der Waals surface area (Å²) >= 11 is 0. The smallest absolute Gasteiger partial charge is 0.354 e. The number of rotatable bonds is 7. The van der Waals surface area contributed by atoms with Crippen molar-refractivity contribution in [3.05, 3.63) is 52.5 Å². The molecular weight excluding hydrogens is 453 g/mol. The lowest BCUT2D eigenvalue weighted by molar-refractivity contribution is -0.137. The minimum absolute atomic E-state index is 0.0543. The summed E-state index contributed by atoms with van der Waals surface area (Å²) in [6, 6.07) is 5.34. The highest BCUT2D eigenvalue weighted by atomic mass is 32.2. The monoisotopic (exact) mass is 484 g/mol. The Morgan fingerprint density at radius 3 is 2.27 bits per heavy atom. The van der Waals surface area contributed by atoms with E-state index in [2.05, 4.69) is 0 Å². The molecule has 10 heteroatoms. The lowest BCUT2D eigenvalue weighted by Crippen LogP contribution is -2.49. The molecule has 0 atom stereocenters. The van der Waals surface area contributed by atoms with Crippen LogP contribution in [0, 0.1) is 0 Å². The van der Waals surface area contributed by atoms with Gasteiger partial charge in [-0.3, -0.25) is 0 Å². The van der Waals surface area contributed by atoms with Crippen LogP contribution >= 0.6 is 0 Å². The molecule has 3 rings (SSSR count). The highest BCUT2D eigenvalue weighted by Gasteiger charge is 2.31. The van der Waals surface area contributed by atoms with E-state index in [9.17, 15) is 21.6 Å². The van der Waals surface area contributed by atoms with E-state index in [1.165, 1.54) is 16.4 Å². The average molecular weight is 485 g/mol. The van der Waals surface area contributed by atoms with Gasteiger partial charge in [0.15, 0.2) is 0 Å². The summed E-state index contributed by atoms with van der Waals surface area (Å²) in [5.41, 5.74) is 1.46. The Balaban J connectivity index is 2.00. The van der Waals surface area contributed by atoms with Crippen LogP contribution in [0.1, 0.15) is 61.8 Å². The molecule has 33 heavy (non-hydrogen) atoms. The summed E-state index contributed by atoms with van der Waals surface area (Å²) in [7, 11) is -3.27. The molecule has 0 N–H and O–H groups in total. The summed E-state index contributed by atoms with van der Waals surface area (Å²) in [5, 5.41) is 0. The van der Waals surface area contributed by atoms with Crippen molar-refractivity contribution in [3.8, 4) is 0 Å². The molecule has 2 heterocycles. The predicted octanol–water partition coefficient (Wildman–Crippen LogP) is 4.24. The van der Waals surface area contributed by atoms with E-state index < -0.39 is 21.8 Å². The molecule has 0 unspecified atom stereocenters. The second-order valence-corrected chi connectivity index (χ2v) is 10.8. The van der Waals surface area contributed by atoms with E-state index in [1.54, 1.807) is 13.0 Å². The number of piperazine rings is 1. The predicted molar refractivity (Wildman–Crippen MR) is 123 cm³/mol. The molecule has 1 aromatic carbocycles. The van der Waals surface area contributed by atoms with Gasteiger partial charge in [-0.05, 0) is 25.0 Å². The fourth-order valence-electron chi connectivity index (χ4n) is 3.95. The van der Waals surface area contributed by atoms with Crippen LogP contribution in [-0.2, 0) is 29.0 Å². The SMILES string of the molecule is CCc1nc(C(C)C)nc(N2CCN(S(=O)(=O)CC)CC2)c1Cc1cccc(C(F)(F)F)c1. The Kier molecular flexibility index (Phi) is 7.68. The van der Waals surface area contributed by atoms with Crippen molar-refractivity contribution in [2.24, 2.45) is 0 Å². The van der Waals surface area contributed by atoms with Gasteiger partial charge in [-0.2, -0.15) is 17.5 Å². The van der Waals surface area contributed by atoms with E-state index in [-0.39, 0.29) is 18.1 Å². The molecule has 6 nitrogen and oxygen atoms in total. The van der Waals surface area contributed by atoms with Crippen LogP contribution < -0.4 is 4.90 Å². The summed E-state index contributed by atoms with van der Waals surface area (Å²) in [6.07, 6.45) is -3.52. The Labute approximate surface area is 193 Å². The maximum absolute atomic E-state index is 13.2. The van der Waals surface area contributed by atoms with Crippen LogP contribution in [0.2, 0.25) is 0 Å². The van der Waals surface area contributed by atoms with Gasteiger partial charge >= 0.3 is 6.18 Å². The standard InChI is InChI=1S/C23H31F3N4O2S/c1-5-20-19(15-17-8-7-9-18(14-17)23(24,25)26)22(28-21(27-20)16(3)4)29-10-12-30(13-11-29)33(31,32)6-2/h7-9,14,16H,5-6,10-13,15H2,1-4H3. The van der Waals surface area contributed by atoms with Gasteiger partial charge in [0, 0.05) is 49.8 Å². The van der Waals surface area contributed by atoms with Crippen molar-refractivity contribution in [1.82, 2.24) is 14.3 Å². The minimum atomic E-state index is -4.41. The molecule has 0 bridgehead atoms. The number of nitrogens with zero attached hydrogens (tertiary/aromatic N) is 4. The number of alkyl halides is 3. The van der Waals surface area contributed by atoms with Crippen molar-refractivity contribution < 1.29 is 21.6 Å². The zero-order valence-electron chi connectivity index (χ0n) is 19.5. The van der Waals surface area contributed by atoms with E-state index >= 15 is 0 Å². The second kappa shape index (κ2) is 9.97. The molecule has 1 aliphatic heterocycles. The first kappa shape index (κ1) is 25.4. The largest absolute Gasteiger partial charge is 0.416 e. The van der Waals surface area contributed by atoms with Gasteiger partial charge in [-0.25, -0.2) is 18.4 Å². The second-order valence-electron chi connectivity index (χ2n) is 8.50. The van der Waals surface area contributed by atoms with Crippen molar-refractivity contribution >= 4 is 15.8 Å². The Hall–Kier alpha value is -2.20. The molecule has 0 saturated carbocycles. The van der Waals surface area contributed by atoms with Crippen molar-refractivity contribution in [2.45, 2.75) is 52.6 Å². The third kappa shape index (κ3) is 5.84. The number of sulfonamides is 1. The molecule has 1 aromatic heterocycles. The molecule has 1 aliphatic rings. The van der Waals surface area contributed by atoms with E-state index in [0.717, 1.165) is 17.3 Å². The van der Waals surface area contributed by atoms with Gasteiger partial charge in [-0.15, -0.1) is 0 Å². The summed E-state index contributed by atoms with van der Waals surface area (Å²) in [4.78, 5) is 11.6. The van der Waals surface area contributed by atoms with Crippen LogP contribution in [0.25, 0.3) is 0 Å². The molecule has 0 aliphatic carbocycles. The molecule has 2 aromatic rings. The number of aryl methyl sites for hydroxylation is 1. The van der Waals surface area contributed by atoms with Gasteiger partial charge < -0.3 is 4.90 Å². The lowest BCUT2D eigenvalue weighted by Gasteiger charge is -2.36. The van der Waals surface area contributed by atoms with E-state index in [1.807, 2.05) is 25.7 Å². The topological polar surface area (TPSA) is 66.4 Å². The third-order valence-electron chi connectivity index (χ3n) is 5.87. The summed E-state index contributed by atoms with van der Waals surface area (Å²) < 4.78 is 65.7. The van der Waals surface area contributed by atoms with Gasteiger partial charge in [0.25, 0.3) is 0 Å². The normalized spacial score (nSPS) is 15.9. The van der Waals surface area contributed by atoms with Crippen LogP contribution in [0.5, 0.6) is 0 Å². The quantitative estimate of drug-likeness (QED) is 0.588. The van der Waals surface area contributed by atoms with Gasteiger partial charge in [-0.1, -0.05) is 39.0 Å². The highest BCUT2D eigenvalue weighted by molar-refractivity contribution is 7.89. The van der Waals surface area contributed by atoms with Crippen molar-refractivity contribution in [3.63, 3.8) is 0 Å². The lowest BCUT2D eigenvalue weighted by atomic mass is 9.99. The number of aromatic nitrogens is 2. The molecule has 1 saturated heterocycles. The fraction of sp³-hybridized carbons (Fsp3) is 0.565. The molecule has 0 amide bonds. The summed E-state index contributed by atoms with van der Waals surface area (Å²) in [6.45, 7) is 9.22. The number of hydrogen-bond donors (Lipinski definition) is 0. The van der Waals surface area contributed by atoms with Gasteiger partial charge in [0.1, 0.15) is 11.6 Å². The average Bonchev–Trinajstić information content (AvgIpc) is 2.78. The van der Waals surface area contributed by atoms with E-state index in [4.69, 9.17) is 9.97 Å². The van der Waals surface area contributed by atoms with E-state index in [0.29, 0.717) is 49.8 Å². The molecule has 182 valence electrons. The maximum atomic E-state index is 13.2. The molecule has 1 fully saturated rings. The minimum Gasteiger partial charge on any atom is -0.354 e. The third-order valence-corrected chi connectivity index (χ3v) is 7.75. The summed E-state index contributed by atoms with van der Waals surface area (Å²) in [5.74, 6) is 1.51. The highest BCUT2D eigenvalue weighted by Crippen LogP contribution is 2.32. The maximum Gasteiger partial charge on any atom is 0.416 e. The van der Waals surface area contributed by atoms with Crippen LogP contribution in [0.15, 0.2) is 24.3 Å². The number of benzene rings is 1. The van der Waals surface area contributed by atoms with Crippen LogP contribution in [0.3, 0.4) is 0 Å². The molecule has 0 spiro atoms. The molecule has 0 radical (unpaired) electrons. The molecular formula is C23H31F3N4O2S. The zero-order chi connectivity index (χ0) is 24.4. The van der Waals surface area contributed by atoms with Gasteiger partial charge in [0.05, 0.1) is 11.3 Å². The van der Waals surface area contributed by atoms with Gasteiger partial charge in [0.2, 0.25) is 10.0 Å². The number of hydrogen-bond acceptors (Lipinski definition) is 5. The van der Waals surface area contributed by atoms with Crippen molar-refractivity contribution in [2.75, 3.05) is 36.8 Å². The number of halogens is 3. The first-order valence-corrected chi connectivity index (χ1v) is 12.9. The van der Waals surface area contributed by atoms with Crippen LogP contribution in [0.4, 0.5) is 19.0 Å². The Morgan fingerprint density at radius 2 is 1.73 bits per heavy atom. The Morgan fingerprint density at radius 1 is 1.06 bits per heavy atom. The first-order valence-electron chi connectivity index (χ1n) is 11.2. The Bertz CT molecular complexity index is 1080. The fourth-order valence-corrected chi connectivity index (χ4v) is 5.04. The zero-order valence-corrected chi connectivity index (χ0v) is 20.3. The number of anilines is 1.